The fourth-order valence-electron chi connectivity index (χ4n) is 1.95. The predicted octanol–water partition coefficient (Wildman–Crippen LogP) is 1.09. The zero-order valence-corrected chi connectivity index (χ0v) is 8.65. The summed E-state index contributed by atoms with van der Waals surface area (Å²) in [7, 11) is 0. The van der Waals surface area contributed by atoms with Crippen LogP contribution in [0.2, 0.25) is 0 Å². The quantitative estimate of drug-likeness (QED) is 0.802. The van der Waals surface area contributed by atoms with Gasteiger partial charge in [-0.05, 0) is 25.8 Å². The molecule has 1 aromatic rings. The van der Waals surface area contributed by atoms with Gasteiger partial charge in [0.05, 0.1) is 0 Å². The van der Waals surface area contributed by atoms with Crippen LogP contribution in [0.5, 0.6) is 5.88 Å². The molecule has 0 spiro atoms. The fraction of sp³-hybridized carbons (Fsp3) is 0.636. The van der Waals surface area contributed by atoms with Crippen molar-refractivity contribution in [3.05, 3.63) is 18.1 Å². The van der Waals surface area contributed by atoms with E-state index in [1.165, 1.54) is 12.8 Å². The van der Waals surface area contributed by atoms with Crippen LogP contribution in [0.3, 0.4) is 0 Å². The van der Waals surface area contributed by atoms with E-state index in [2.05, 4.69) is 15.3 Å². The van der Waals surface area contributed by atoms with Crippen LogP contribution in [-0.4, -0.2) is 29.2 Å². The van der Waals surface area contributed by atoms with Gasteiger partial charge in [-0.3, -0.25) is 4.98 Å². The van der Waals surface area contributed by atoms with E-state index in [9.17, 15) is 0 Å². The molecule has 80 valence electrons. The molecule has 1 aliphatic carbocycles. The maximum Gasteiger partial charge on any atom is 0.236 e. The maximum atomic E-state index is 5.87. The highest BCUT2D eigenvalue weighted by atomic mass is 16.5. The molecule has 4 nitrogen and oxygen atoms in total. The van der Waals surface area contributed by atoms with Crippen molar-refractivity contribution in [2.75, 3.05) is 13.1 Å². The summed E-state index contributed by atoms with van der Waals surface area (Å²) in [5.74, 6) is 1.36. The lowest BCUT2D eigenvalue weighted by atomic mass is 10.3. The molecule has 1 saturated carbocycles. The Morgan fingerprint density at radius 3 is 2.80 bits per heavy atom. The zero-order chi connectivity index (χ0) is 10.1. The lowest BCUT2D eigenvalue weighted by Gasteiger charge is -2.13. The smallest absolute Gasteiger partial charge is 0.236 e. The number of aromatic nitrogens is 2. The van der Waals surface area contributed by atoms with Gasteiger partial charge in [0.2, 0.25) is 5.88 Å². The van der Waals surface area contributed by atoms with Crippen LogP contribution in [0.1, 0.15) is 30.9 Å². The molecule has 1 aromatic heterocycles. The molecule has 4 heteroatoms. The molecule has 1 atom stereocenters. The van der Waals surface area contributed by atoms with Crippen LogP contribution < -0.4 is 10.1 Å². The van der Waals surface area contributed by atoms with Gasteiger partial charge in [-0.1, -0.05) is 0 Å². The van der Waals surface area contributed by atoms with Crippen LogP contribution in [0, 0.1) is 0 Å². The van der Waals surface area contributed by atoms with Gasteiger partial charge < -0.3 is 10.1 Å². The molecule has 0 aromatic carbocycles. The molecule has 2 aliphatic rings. The lowest BCUT2D eigenvalue weighted by molar-refractivity contribution is 0.210. The fourth-order valence-corrected chi connectivity index (χ4v) is 1.95. The van der Waals surface area contributed by atoms with Crippen LogP contribution in [-0.2, 0) is 0 Å². The van der Waals surface area contributed by atoms with Crippen molar-refractivity contribution in [3.8, 4) is 5.88 Å². The summed E-state index contributed by atoms with van der Waals surface area (Å²) in [5.41, 5.74) is 1.06. The van der Waals surface area contributed by atoms with E-state index in [1.54, 1.807) is 12.4 Å². The minimum Gasteiger partial charge on any atom is -0.472 e. The highest BCUT2D eigenvalue weighted by Crippen LogP contribution is 2.42. The van der Waals surface area contributed by atoms with E-state index in [1.807, 2.05) is 0 Å². The molecule has 1 N–H and O–H groups in total. The molecule has 0 bridgehead atoms. The van der Waals surface area contributed by atoms with E-state index in [0.29, 0.717) is 5.92 Å². The number of hydrogen-bond acceptors (Lipinski definition) is 4. The average molecular weight is 205 g/mol. The summed E-state index contributed by atoms with van der Waals surface area (Å²) >= 11 is 0. The lowest BCUT2D eigenvalue weighted by Crippen LogP contribution is -2.20. The minimum atomic E-state index is 0.277. The molecule has 1 saturated heterocycles. The van der Waals surface area contributed by atoms with Crippen molar-refractivity contribution < 1.29 is 4.74 Å². The third kappa shape index (κ3) is 1.95. The van der Waals surface area contributed by atoms with Crippen molar-refractivity contribution in [1.29, 1.82) is 0 Å². The van der Waals surface area contributed by atoms with Gasteiger partial charge in [0, 0.05) is 24.9 Å². The second-order valence-electron chi connectivity index (χ2n) is 4.25. The summed E-state index contributed by atoms with van der Waals surface area (Å²) < 4.78 is 5.87. The highest BCUT2D eigenvalue weighted by molar-refractivity contribution is 5.25. The molecule has 1 unspecified atom stereocenters. The molecular weight excluding hydrogens is 190 g/mol. The van der Waals surface area contributed by atoms with E-state index >= 15 is 0 Å². The number of rotatable bonds is 3. The monoisotopic (exact) mass is 205 g/mol. The van der Waals surface area contributed by atoms with Crippen LogP contribution in [0.4, 0.5) is 0 Å². The van der Waals surface area contributed by atoms with Crippen molar-refractivity contribution in [2.45, 2.75) is 31.3 Å². The number of nitrogens with zero attached hydrogens (tertiary/aromatic N) is 2. The Morgan fingerprint density at radius 1 is 1.20 bits per heavy atom. The molecule has 15 heavy (non-hydrogen) atoms. The summed E-state index contributed by atoms with van der Waals surface area (Å²) in [4.78, 5) is 8.67. The van der Waals surface area contributed by atoms with Gasteiger partial charge in [-0.15, -0.1) is 0 Å². The van der Waals surface area contributed by atoms with E-state index in [-0.39, 0.29) is 6.10 Å². The summed E-state index contributed by atoms with van der Waals surface area (Å²) in [6.45, 7) is 1.98. The molecule has 2 fully saturated rings. The molecular formula is C11H15N3O. The highest BCUT2D eigenvalue weighted by Gasteiger charge is 2.30. The molecule has 3 rings (SSSR count). The minimum absolute atomic E-state index is 0.277. The van der Waals surface area contributed by atoms with Gasteiger partial charge in [-0.2, -0.15) is 0 Å². The predicted molar refractivity (Wildman–Crippen MR) is 55.9 cm³/mol. The average Bonchev–Trinajstić information content (AvgIpc) is 2.99. The standard InChI is InChI=1S/C11H15N3O/c1-2-8(1)10-11(14-6-5-13-10)15-9-3-4-12-7-9/h5-6,8-9,12H,1-4,7H2. The van der Waals surface area contributed by atoms with Crippen molar-refractivity contribution >= 4 is 0 Å². The second-order valence-corrected chi connectivity index (χ2v) is 4.25. The first-order valence-corrected chi connectivity index (χ1v) is 5.62. The molecule has 0 amide bonds. The third-order valence-corrected chi connectivity index (χ3v) is 2.95. The molecule has 1 aliphatic heterocycles. The van der Waals surface area contributed by atoms with Gasteiger partial charge in [0.25, 0.3) is 0 Å². The van der Waals surface area contributed by atoms with E-state index < -0.39 is 0 Å². The van der Waals surface area contributed by atoms with E-state index in [0.717, 1.165) is 31.1 Å². The summed E-state index contributed by atoms with van der Waals surface area (Å²) in [6.07, 6.45) is 7.28. The molecule has 0 radical (unpaired) electrons. The second kappa shape index (κ2) is 3.77. The topological polar surface area (TPSA) is 47.0 Å². The normalized spacial score (nSPS) is 25.5. The first kappa shape index (κ1) is 9.09. The van der Waals surface area contributed by atoms with Crippen molar-refractivity contribution in [3.63, 3.8) is 0 Å². The van der Waals surface area contributed by atoms with E-state index in [4.69, 9.17) is 4.74 Å². The van der Waals surface area contributed by atoms with Gasteiger partial charge in [0.15, 0.2) is 0 Å². The number of ether oxygens (including phenoxy) is 1. The van der Waals surface area contributed by atoms with Gasteiger partial charge in [0.1, 0.15) is 11.8 Å². The summed E-state index contributed by atoms with van der Waals surface area (Å²) in [6, 6.07) is 0. The van der Waals surface area contributed by atoms with Gasteiger partial charge >= 0.3 is 0 Å². The Kier molecular flexibility index (Phi) is 2.29. The largest absolute Gasteiger partial charge is 0.472 e. The third-order valence-electron chi connectivity index (χ3n) is 2.95. The first-order chi connectivity index (χ1) is 7.43. The zero-order valence-electron chi connectivity index (χ0n) is 8.65. The maximum absolute atomic E-state index is 5.87. The number of nitrogens with one attached hydrogen (secondary N) is 1. The van der Waals surface area contributed by atoms with Gasteiger partial charge in [-0.25, -0.2) is 4.98 Å². The van der Waals surface area contributed by atoms with Crippen molar-refractivity contribution in [1.82, 2.24) is 15.3 Å². The Labute approximate surface area is 89.1 Å². The Balaban J connectivity index is 1.77. The van der Waals surface area contributed by atoms with Crippen LogP contribution >= 0.6 is 0 Å². The Hall–Kier alpha value is -1.16. The Bertz CT molecular complexity index is 345. The Morgan fingerprint density at radius 2 is 2.07 bits per heavy atom. The van der Waals surface area contributed by atoms with Crippen molar-refractivity contribution in [2.24, 2.45) is 0 Å². The number of hydrogen-bond donors (Lipinski definition) is 1. The SMILES string of the molecule is c1cnc(C2CC2)c(OC2CCNC2)n1. The first-order valence-electron chi connectivity index (χ1n) is 5.62. The molecule has 2 heterocycles. The van der Waals surface area contributed by atoms with Crippen LogP contribution in [0.15, 0.2) is 12.4 Å². The summed E-state index contributed by atoms with van der Waals surface area (Å²) in [5, 5.41) is 3.28. The van der Waals surface area contributed by atoms with Crippen LogP contribution in [0.25, 0.3) is 0 Å².